The molecule has 2 rings (SSSR count). The minimum Gasteiger partial charge on any atom is -0.266 e. The summed E-state index contributed by atoms with van der Waals surface area (Å²) >= 11 is 3.20. The molecule has 1 aliphatic rings. The number of carbonyl (C=O) groups is 1. The van der Waals surface area contributed by atoms with Crippen molar-refractivity contribution < 1.29 is 9.00 Å². The molecule has 6 heteroatoms. The Kier molecular flexibility index (Phi) is 1.79. The van der Waals surface area contributed by atoms with Gasteiger partial charge in [-0.1, -0.05) is 15.9 Å². The summed E-state index contributed by atoms with van der Waals surface area (Å²) in [5, 5.41) is 5.35. The Morgan fingerprint density at radius 1 is 1.46 bits per heavy atom. The molecule has 1 unspecified atom stereocenters. The molecule has 1 heterocycles. The number of hydrogen-bond donors (Lipinski definition) is 1. The normalized spacial score (nSPS) is 25.5. The molecular weight excluding hydrogens is 256 g/mol. The third kappa shape index (κ3) is 1.31. The molecule has 0 bridgehead atoms. The Bertz CT molecular complexity index is 517. The van der Waals surface area contributed by atoms with Crippen LogP contribution in [0.2, 0.25) is 0 Å². The summed E-state index contributed by atoms with van der Waals surface area (Å²) < 4.78 is 15.6. The third-order valence-corrected chi connectivity index (χ3v) is 3.62. The number of nitrogens with zero attached hydrogens (tertiary/aromatic N) is 1. The molecule has 1 aliphatic heterocycles. The van der Waals surface area contributed by atoms with Crippen molar-refractivity contribution in [3.05, 3.63) is 28.2 Å². The molecule has 1 aromatic carbocycles. The minimum absolute atomic E-state index is 0.320. The number of amides is 1. The van der Waals surface area contributed by atoms with Crippen LogP contribution in [0.3, 0.4) is 0 Å². The van der Waals surface area contributed by atoms with Crippen LogP contribution in [0.1, 0.15) is 10.4 Å². The number of benzene rings is 1. The van der Waals surface area contributed by atoms with Crippen molar-refractivity contribution in [1.29, 1.82) is 0 Å². The van der Waals surface area contributed by atoms with Gasteiger partial charge in [0.1, 0.15) is 9.92 Å². The minimum atomic E-state index is -2.97. The molecule has 1 aromatic rings. The zero-order valence-electron chi connectivity index (χ0n) is 6.36. The SMILES string of the molecule is NS1(=O)=NC(=O)c2cc(Br)ccc21. The quantitative estimate of drug-likeness (QED) is 0.764. The Labute approximate surface area is 83.6 Å². The summed E-state index contributed by atoms with van der Waals surface area (Å²) in [6.45, 7) is 0. The van der Waals surface area contributed by atoms with Crippen LogP contribution in [-0.4, -0.2) is 10.1 Å². The predicted molar refractivity (Wildman–Crippen MR) is 51.5 cm³/mol. The number of fused-ring (bicyclic) bond motifs is 1. The molecule has 13 heavy (non-hydrogen) atoms. The van der Waals surface area contributed by atoms with E-state index in [0.29, 0.717) is 10.5 Å². The lowest BCUT2D eigenvalue weighted by atomic mass is 10.2. The monoisotopic (exact) mass is 260 g/mol. The van der Waals surface area contributed by atoms with Gasteiger partial charge in [0.2, 0.25) is 0 Å². The van der Waals surface area contributed by atoms with E-state index in [0.717, 1.165) is 4.47 Å². The van der Waals surface area contributed by atoms with E-state index < -0.39 is 15.8 Å². The summed E-state index contributed by atoms with van der Waals surface area (Å²) in [5.74, 6) is -0.510. The first kappa shape index (κ1) is 8.86. The van der Waals surface area contributed by atoms with E-state index in [4.69, 9.17) is 5.14 Å². The summed E-state index contributed by atoms with van der Waals surface area (Å²) in [5.41, 5.74) is 0.321. The van der Waals surface area contributed by atoms with Crippen molar-refractivity contribution in [2.75, 3.05) is 0 Å². The molecule has 2 N–H and O–H groups in total. The maximum absolute atomic E-state index is 11.5. The summed E-state index contributed by atoms with van der Waals surface area (Å²) in [6.07, 6.45) is 0. The molecule has 0 saturated heterocycles. The maximum Gasteiger partial charge on any atom is 0.287 e. The van der Waals surface area contributed by atoms with Gasteiger partial charge in [-0.15, -0.1) is 4.36 Å². The lowest BCUT2D eigenvalue weighted by Crippen LogP contribution is -2.09. The first-order valence-electron chi connectivity index (χ1n) is 3.39. The highest BCUT2D eigenvalue weighted by molar-refractivity contribution is 9.10. The van der Waals surface area contributed by atoms with E-state index >= 15 is 0 Å². The van der Waals surface area contributed by atoms with Gasteiger partial charge in [-0.3, -0.25) is 4.79 Å². The molecular formula is C7H5BrN2O2S. The first-order valence-corrected chi connectivity index (χ1v) is 5.76. The van der Waals surface area contributed by atoms with Crippen LogP contribution in [0.5, 0.6) is 0 Å². The van der Waals surface area contributed by atoms with Crippen LogP contribution in [0.4, 0.5) is 0 Å². The first-order chi connectivity index (χ1) is 6.00. The molecule has 68 valence electrons. The fourth-order valence-electron chi connectivity index (χ4n) is 1.15. The van der Waals surface area contributed by atoms with Crippen molar-refractivity contribution in [2.24, 2.45) is 9.50 Å². The molecule has 4 nitrogen and oxygen atoms in total. The lowest BCUT2D eigenvalue weighted by Gasteiger charge is -1.98. The van der Waals surface area contributed by atoms with Crippen molar-refractivity contribution in [1.82, 2.24) is 0 Å². The van der Waals surface area contributed by atoms with Gasteiger partial charge in [0, 0.05) is 4.47 Å². The van der Waals surface area contributed by atoms with Crippen LogP contribution in [-0.2, 0) is 9.92 Å². The largest absolute Gasteiger partial charge is 0.287 e. The van der Waals surface area contributed by atoms with Crippen LogP contribution in [0.25, 0.3) is 0 Å². The average Bonchev–Trinajstić information content (AvgIpc) is 2.22. The smallest absolute Gasteiger partial charge is 0.266 e. The molecule has 0 aromatic heterocycles. The van der Waals surface area contributed by atoms with Gasteiger partial charge < -0.3 is 0 Å². The zero-order chi connectivity index (χ0) is 9.64. The van der Waals surface area contributed by atoms with Gasteiger partial charge in [-0.25, -0.2) is 9.35 Å². The average molecular weight is 261 g/mol. The molecule has 0 fully saturated rings. The van der Waals surface area contributed by atoms with Crippen molar-refractivity contribution in [3.63, 3.8) is 0 Å². The summed E-state index contributed by atoms with van der Waals surface area (Å²) in [6, 6.07) is 4.80. The van der Waals surface area contributed by atoms with E-state index in [-0.39, 0.29) is 0 Å². The molecule has 0 aliphatic carbocycles. The van der Waals surface area contributed by atoms with Crippen molar-refractivity contribution in [2.45, 2.75) is 4.90 Å². The highest BCUT2D eigenvalue weighted by Crippen LogP contribution is 2.26. The van der Waals surface area contributed by atoms with Gasteiger partial charge in [-0.2, -0.15) is 0 Å². The number of rotatable bonds is 0. The van der Waals surface area contributed by atoms with Gasteiger partial charge in [0.15, 0.2) is 0 Å². The van der Waals surface area contributed by atoms with E-state index in [9.17, 15) is 9.00 Å². The van der Waals surface area contributed by atoms with E-state index in [1.165, 1.54) is 0 Å². The Morgan fingerprint density at radius 3 is 2.85 bits per heavy atom. The Hall–Kier alpha value is -0.720. The second kappa shape index (κ2) is 2.63. The highest BCUT2D eigenvalue weighted by atomic mass is 79.9. The van der Waals surface area contributed by atoms with Crippen molar-refractivity contribution in [3.8, 4) is 0 Å². The second-order valence-electron chi connectivity index (χ2n) is 2.61. The van der Waals surface area contributed by atoms with Gasteiger partial charge in [-0.05, 0) is 18.2 Å². The zero-order valence-corrected chi connectivity index (χ0v) is 8.76. The van der Waals surface area contributed by atoms with Crippen LogP contribution in [0, 0.1) is 0 Å². The third-order valence-electron chi connectivity index (χ3n) is 1.71. The Balaban J connectivity index is 2.83. The maximum atomic E-state index is 11.5. The van der Waals surface area contributed by atoms with Crippen LogP contribution >= 0.6 is 15.9 Å². The fourth-order valence-corrected chi connectivity index (χ4v) is 2.67. The van der Waals surface area contributed by atoms with Gasteiger partial charge >= 0.3 is 0 Å². The molecule has 1 atom stereocenters. The van der Waals surface area contributed by atoms with Crippen LogP contribution in [0.15, 0.2) is 31.9 Å². The summed E-state index contributed by atoms with van der Waals surface area (Å²) in [7, 11) is -2.97. The predicted octanol–water partition coefficient (Wildman–Crippen LogP) is 1.30. The van der Waals surface area contributed by atoms with E-state index in [1.807, 2.05) is 0 Å². The number of carbonyl (C=O) groups excluding carboxylic acids is 1. The van der Waals surface area contributed by atoms with Crippen LogP contribution < -0.4 is 5.14 Å². The molecule has 0 radical (unpaired) electrons. The van der Waals surface area contributed by atoms with Gasteiger partial charge in [0.05, 0.1) is 10.5 Å². The number of nitrogens with two attached hydrogens (primary N) is 1. The summed E-state index contributed by atoms with van der Waals surface area (Å²) in [4.78, 5) is 11.5. The molecule has 0 spiro atoms. The number of halogens is 1. The lowest BCUT2D eigenvalue weighted by molar-refractivity contribution is 0.101. The standard InChI is InChI=1S/C7H5BrN2O2S/c8-4-1-2-6-5(3-4)7(11)10-13(6,9)12/h1-3H,(H2,9,10,11,12). The van der Waals surface area contributed by atoms with E-state index in [1.54, 1.807) is 18.2 Å². The topological polar surface area (TPSA) is 72.5 Å². The number of hydrogen-bond acceptors (Lipinski definition) is 2. The molecule has 1 amide bonds. The second-order valence-corrected chi connectivity index (χ2v) is 5.28. The van der Waals surface area contributed by atoms with Crippen molar-refractivity contribution >= 4 is 31.8 Å². The van der Waals surface area contributed by atoms with E-state index in [2.05, 4.69) is 20.3 Å². The Morgan fingerprint density at radius 2 is 2.15 bits per heavy atom. The fraction of sp³-hybridized carbons (Fsp3) is 0. The molecule has 0 saturated carbocycles. The van der Waals surface area contributed by atoms with Gasteiger partial charge in [0.25, 0.3) is 5.91 Å². The highest BCUT2D eigenvalue weighted by Gasteiger charge is 2.26.